The minimum atomic E-state index is -0.812. The van der Waals surface area contributed by atoms with Crippen LogP contribution in [0.5, 0.6) is 0 Å². The van der Waals surface area contributed by atoms with E-state index < -0.39 is 16.8 Å². The summed E-state index contributed by atoms with van der Waals surface area (Å²) >= 11 is 0. The molecular weight excluding hydrogens is 278 g/mol. The van der Waals surface area contributed by atoms with Gasteiger partial charge in [-0.05, 0) is 31.1 Å². The maximum Gasteiger partial charge on any atom is 0.303 e. The lowest BCUT2D eigenvalue weighted by Gasteiger charge is -2.28. The van der Waals surface area contributed by atoms with E-state index in [1.165, 1.54) is 0 Å². The molecule has 2 N–H and O–H groups in total. The first-order valence-electron chi connectivity index (χ1n) is 7.35. The molecule has 0 unspecified atom stereocenters. The highest BCUT2D eigenvalue weighted by Gasteiger charge is 2.38. The zero-order chi connectivity index (χ0) is 14.6. The van der Waals surface area contributed by atoms with Gasteiger partial charge in [0.05, 0.1) is 6.42 Å². The predicted molar refractivity (Wildman–Crippen MR) is 76.8 cm³/mol. The summed E-state index contributed by atoms with van der Waals surface area (Å²) in [6, 6.07) is 0.114. The molecule has 0 aromatic heterocycles. The van der Waals surface area contributed by atoms with Gasteiger partial charge in [-0.25, -0.2) is 0 Å². The fraction of sp³-hybridized carbons (Fsp3) is 0.857. The van der Waals surface area contributed by atoms with Gasteiger partial charge in [0.1, 0.15) is 0 Å². The molecule has 0 spiro atoms. The van der Waals surface area contributed by atoms with Gasteiger partial charge < -0.3 is 10.4 Å². The summed E-state index contributed by atoms with van der Waals surface area (Å²) in [5.74, 6) is 0.467. The first-order chi connectivity index (χ1) is 9.49. The van der Waals surface area contributed by atoms with E-state index in [0.29, 0.717) is 17.9 Å². The van der Waals surface area contributed by atoms with Gasteiger partial charge in [0.25, 0.3) is 0 Å². The molecule has 1 saturated heterocycles. The Morgan fingerprint density at radius 1 is 1.15 bits per heavy atom. The number of hydrogen-bond donors (Lipinski definition) is 2. The summed E-state index contributed by atoms with van der Waals surface area (Å²) in [5.41, 5.74) is -0.340. The number of carboxylic acid groups (broad SMARTS) is 1. The molecule has 1 aliphatic heterocycles. The van der Waals surface area contributed by atoms with Crippen LogP contribution in [0.15, 0.2) is 0 Å². The van der Waals surface area contributed by atoms with Crippen molar-refractivity contribution in [3.8, 4) is 0 Å². The summed E-state index contributed by atoms with van der Waals surface area (Å²) in [6.45, 7) is 0. The molecule has 0 aromatic carbocycles. The van der Waals surface area contributed by atoms with E-state index in [9.17, 15) is 13.8 Å². The van der Waals surface area contributed by atoms with Gasteiger partial charge in [0.15, 0.2) is 0 Å². The second-order valence-electron chi connectivity index (χ2n) is 6.14. The predicted octanol–water partition coefficient (Wildman–Crippen LogP) is 1.44. The quantitative estimate of drug-likeness (QED) is 0.805. The monoisotopic (exact) mass is 301 g/mol. The van der Waals surface area contributed by atoms with Crippen LogP contribution in [-0.2, 0) is 20.4 Å². The van der Waals surface area contributed by atoms with Crippen molar-refractivity contribution < 1.29 is 18.9 Å². The van der Waals surface area contributed by atoms with Crippen LogP contribution >= 0.6 is 0 Å². The topological polar surface area (TPSA) is 83.5 Å². The van der Waals surface area contributed by atoms with Crippen molar-refractivity contribution in [2.75, 3.05) is 11.5 Å². The Kier molecular flexibility index (Phi) is 5.18. The highest BCUT2D eigenvalue weighted by molar-refractivity contribution is 7.85. The van der Waals surface area contributed by atoms with Crippen LogP contribution in [0.3, 0.4) is 0 Å². The average molecular weight is 301 g/mol. The first kappa shape index (κ1) is 15.5. The molecule has 20 heavy (non-hydrogen) atoms. The average Bonchev–Trinajstić information content (AvgIpc) is 2.79. The Hall–Kier alpha value is -0.910. The lowest BCUT2D eigenvalue weighted by Crippen LogP contribution is -2.41. The Labute approximate surface area is 122 Å². The third-order valence-electron chi connectivity index (χ3n) is 4.48. The Bertz CT molecular complexity index is 394. The van der Waals surface area contributed by atoms with Crippen LogP contribution in [0.4, 0.5) is 0 Å². The van der Waals surface area contributed by atoms with E-state index in [0.717, 1.165) is 38.5 Å². The molecule has 0 radical (unpaired) electrons. The SMILES string of the molecule is O=C(O)CC1(CC(=O)NC2CCS(=O)CC2)CCCC1. The fourth-order valence-electron chi connectivity index (χ4n) is 3.42. The lowest BCUT2D eigenvalue weighted by molar-refractivity contribution is -0.140. The van der Waals surface area contributed by atoms with Crippen LogP contribution in [0.1, 0.15) is 51.4 Å². The molecular formula is C14H23NO4S. The second-order valence-corrected chi connectivity index (χ2v) is 7.84. The van der Waals surface area contributed by atoms with Crippen molar-refractivity contribution >= 4 is 22.7 Å². The number of nitrogens with one attached hydrogen (secondary N) is 1. The van der Waals surface area contributed by atoms with E-state index in [-0.39, 0.29) is 23.8 Å². The van der Waals surface area contributed by atoms with Gasteiger partial charge in [0, 0.05) is 34.8 Å². The van der Waals surface area contributed by atoms with Crippen LogP contribution in [0.2, 0.25) is 0 Å². The normalized spacial score (nSPS) is 29.0. The standard InChI is InChI=1S/C14H23NO4S/c16-12(15-11-3-7-20(19)8-4-11)9-14(10-13(17)18)5-1-2-6-14/h11H,1-10H2,(H,15,16)(H,17,18). The van der Waals surface area contributed by atoms with Gasteiger partial charge in [-0.15, -0.1) is 0 Å². The van der Waals surface area contributed by atoms with Crippen molar-refractivity contribution in [3.63, 3.8) is 0 Å². The third kappa shape index (κ3) is 4.30. The fourth-order valence-corrected chi connectivity index (χ4v) is 4.72. The lowest BCUT2D eigenvalue weighted by atomic mass is 9.79. The molecule has 0 atom stereocenters. The Morgan fingerprint density at radius 2 is 1.75 bits per heavy atom. The summed E-state index contributed by atoms with van der Waals surface area (Å²) in [5, 5.41) is 12.0. The Balaban J connectivity index is 1.85. The van der Waals surface area contributed by atoms with Gasteiger partial charge >= 0.3 is 5.97 Å². The van der Waals surface area contributed by atoms with E-state index in [1.807, 2.05) is 0 Å². The molecule has 2 fully saturated rings. The van der Waals surface area contributed by atoms with Crippen LogP contribution < -0.4 is 5.32 Å². The molecule has 1 aliphatic carbocycles. The smallest absolute Gasteiger partial charge is 0.303 e. The molecule has 2 rings (SSSR count). The highest BCUT2D eigenvalue weighted by atomic mass is 32.2. The Morgan fingerprint density at radius 3 is 2.30 bits per heavy atom. The highest BCUT2D eigenvalue weighted by Crippen LogP contribution is 2.44. The first-order valence-corrected chi connectivity index (χ1v) is 8.84. The summed E-state index contributed by atoms with van der Waals surface area (Å²) in [4.78, 5) is 23.2. The molecule has 5 nitrogen and oxygen atoms in total. The summed E-state index contributed by atoms with van der Waals surface area (Å²) in [6.07, 6.45) is 5.65. The van der Waals surface area contributed by atoms with E-state index >= 15 is 0 Å². The number of amides is 1. The molecule has 6 heteroatoms. The number of carbonyl (C=O) groups is 2. The van der Waals surface area contributed by atoms with E-state index in [4.69, 9.17) is 5.11 Å². The maximum atomic E-state index is 12.2. The molecule has 1 heterocycles. The van der Waals surface area contributed by atoms with E-state index in [2.05, 4.69) is 5.32 Å². The maximum absolute atomic E-state index is 12.2. The number of rotatable bonds is 5. The van der Waals surface area contributed by atoms with Crippen molar-refractivity contribution in [1.82, 2.24) is 5.32 Å². The summed E-state index contributed by atoms with van der Waals surface area (Å²) < 4.78 is 11.3. The van der Waals surface area contributed by atoms with Gasteiger partial charge in [-0.1, -0.05) is 12.8 Å². The van der Waals surface area contributed by atoms with Crippen molar-refractivity contribution in [3.05, 3.63) is 0 Å². The van der Waals surface area contributed by atoms with Crippen LogP contribution in [-0.4, -0.2) is 38.7 Å². The van der Waals surface area contributed by atoms with Crippen molar-refractivity contribution in [2.45, 2.75) is 57.4 Å². The van der Waals surface area contributed by atoms with Crippen molar-refractivity contribution in [1.29, 1.82) is 0 Å². The molecule has 0 aromatic rings. The molecule has 114 valence electrons. The minimum Gasteiger partial charge on any atom is -0.481 e. The van der Waals surface area contributed by atoms with E-state index in [1.54, 1.807) is 0 Å². The second kappa shape index (κ2) is 6.70. The third-order valence-corrected chi connectivity index (χ3v) is 5.86. The molecule has 0 bridgehead atoms. The largest absolute Gasteiger partial charge is 0.481 e. The number of carbonyl (C=O) groups excluding carboxylic acids is 1. The number of aliphatic carboxylic acids is 1. The van der Waals surface area contributed by atoms with Crippen molar-refractivity contribution in [2.24, 2.45) is 5.41 Å². The zero-order valence-electron chi connectivity index (χ0n) is 11.7. The van der Waals surface area contributed by atoms with Gasteiger partial charge in [-0.3, -0.25) is 13.8 Å². The number of hydrogen-bond acceptors (Lipinski definition) is 3. The minimum absolute atomic E-state index is 0.0363. The van der Waals surface area contributed by atoms with Gasteiger partial charge in [0.2, 0.25) is 5.91 Å². The molecule has 1 amide bonds. The molecule has 2 aliphatic rings. The van der Waals surface area contributed by atoms with Crippen LogP contribution in [0, 0.1) is 5.41 Å². The van der Waals surface area contributed by atoms with Gasteiger partial charge in [-0.2, -0.15) is 0 Å². The van der Waals surface area contributed by atoms with Crippen LogP contribution in [0.25, 0.3) is 0 Å². The summed E-state index contributed by atoms with van der Waals surface area (Å²) in [7, 11) is -0.725. The molecule has 1 saturated carbocycles. The number of carboxylic acids is 1. The zero-order valence-corrected chi connectivity index (χ0v) is 12.5.